The molecule has 34 heavy (non-hydrogen) atoms. The average Bonchev–Trinajstić information content (AvgIpc) is 3.22. The summed E-state index contributed by atoms with van der Waals surface area (Å²) in [5.41, 5.74) is -1.05. The molecule has 0 aromatic rings. The van der Waals surface area contributed by atoms with Gasteiger partial charge >= 0.3 is 0 Å². The van der Waals surface area contributed by atoms with E-state index in [0.717, 1.165) is 45.1 Å². The number of fused-ring (bicyclic) bond motifs is 4. The molecule has 6 aliphatic rings. The van der Waals surface area contributed by atoms with Crippen LogP contribution in [0.1, 0.15) is 93.4 Å². The zero-order valence-corrected chi connectivity index (χ0v) is 22.4. The summed E-state index contributed by atoms with van der Waals surface area (Å²) in [4.78, 5) is 13.6. The highest BCUT2D eigenvalue weighted by molar-refractivity contribution is 5.96. The lowest BCUT2D eigenvalue weighted by Crippen LogP contribution is -2.67. The lowest BCUT2D eigenvalue weighted by Gasteiger charge is -2.68. The van der Waals surface area contributed by atoms with E-state index in [0.29, 0.717) is 35.9 Å². The van der Waals surface area contributed by atoms with E-state index in [4.69, 9.17) is 9.47 Å². The first kappa shape index (κ1) is 23.7. The summed E-state index contributed by atoms with van der Waals surface area (Å²) < 4.78 is 13.6. The lowest BCUT2D eigenvalue weighted by molar-refractivity contribution is -0.346. The van der Waals surface area contributed by atoms with E-state index in [2.05, 4.69) is 54.5 Å². The Labute approximate surface area is 206 Å². The van der Waals surface area contributed by atoms with Crippen molar-refractivity contribution in [3.05, 3.63) is 12.2 Å². The summed E-state index contributed by atoms with van der Waals surface area (Å²) in [5, 5.41) is 11.9. The third-order valence-corrected chi connectivity index (χ3v) is 12.3. The standard InChI is InChI=1S/C30H46O4/c1-18(2)14-19-15-27(6,32)24-20-8-9-22-26(5,29(20)16-30(24,34-19)33-17-29)13-10-21-25(3,4)12-11-23(31)28(21,22)7/h11-12,18-22,24,32H,8-10,13-17H2,1-7H3/t19?,20-,21+,22+,24?,26-,27?,28+,29+,30+/m1/s1. The van der Waals surface area contributed by atoms with Crippen LogP contribution in [0.5, 0.6) is 0 Å². The SMILES string of the molecule is CC(C)CC1CC(C)(O)C2[C@H]3CC[C@@H]4[C@@]5(C)C(=O)C=CC(C)(C)[C@@H]5CC[C@@]4(C)[C@@]34CO[C@@]2(C4)O1. The largest absolute Gasteiger partial charge is 0.390 e. The van der Waals surface area contributed by atoms with Gasteiger partial charge in [-0.1, -0.05) is 47.6 Å². The van der Waals surface area contributed by atoms with Gasteiger partial charge in [0.25, 0.3) is 0 Å². The van der Waals surface area contributed by atoms with Crippen molar-refractivity contribution in [2.45, 2.75) is 111 Å². The second-order valence-electron chi connectivity index (χ2n) is 14.9. The summed E-state index contributed by atoms with van der Waals surface area (Å²) >= 11 is 0. The number of aliphatic hydroxyl groups is 1. The molecule has 2 bridgehead atoms. The Morgan fingerprint density at radius 1 is 1.09 bits per heavy atom. The van der Waals surface area contributed by atoms with Gasteiger partial charge in [0, 0.05) is 29.6 Å². The van der Waals surface area contributed by atoms with Crippen LogP contribution in [0.2, 0.25) is 0 Å². The molecule has 2 saturated heterocycles. The average molecular weight is 471 g/mol. The van der Waals surface area contributed by atoms with Crippen molar-refractivity contribution in [2.75, 3.05) is 6.61 Å². The van der Waals surface area contributed by atoms with Gasteiger partial charge in [-0.3, -0.25) is 4.79 Å². The Hall–Kier alpha value is -0.710. The van der Waals surface area contributed by atoms with Crippen LogP contribution in [-0.4, -0.2) is 35.0 Å². The minimum atomic E-state index is -0.777. The first-order valence-corrected chi connectivity index (χ1v) is 14.0. The van der Waals surface area contributed by atoms with Gasteiger partial charge in [0.15, 0.2) is 11.6 Å². The van der Waals surface area contributed by atoms with Crippen molar-refractivity contribution in [3.63, 3.8) is 0 Å². The third kappa shape index (κ3) is 2.64. The molecule has 6 rings (SSSR count). The molecule has 4 nitrogen and oxygen atoms in total. The van der Waals surface area contributed by atoms with Crippen molar-refractivity contribution >= 4 is 5.78 Å². The highest BCUT2D eigenvalue weighted by atomic mass is 16.7. The number of rotatable bonds is 2. The van der Waals surface area contributed by atoms with E-state index in [1.807, 2.05) is 6.08 Å². The number of ketones is 1. The van der Waals surface area contributed by atoms with E-state index < -0.39 is 11.4 Å². The normalized spacial score (nSPS) is 57.2. The number of hydrogen-bond acceptors (Lipinski definition) is 4. The van der Waals surface area contributed by atoms with Crippen LogP contribution in [0.25, 0.3) is 0 Å². The maximum atomic E-state index is 13.6. The molecule has 5 fully saturated rings. The fraction of sp³-hybridized carbons (Fsp3) is 0.900. The fourth-order valence-corrected chi connectivity index (χ4v) is 11.2. The number of carbonyl (C=O) groups is 1. The molecule has 0 amide bonds. The van der Waals surface area contributed by atoms with Crippen molar-refractivity contribution in [1.29, 1.82) is 0 Å². The summed E-state index contributed by atoms with van der Waals surface area (Å²) in [6.45, 7) is 16.7. The van der Waals surface area contributed by atoms with E-state index in [9.17, 15) is 9.90 Å². The van der Waals surface area contributed by atoms with Crippen LogP contribution in [0.4, 0.5) is 0 Å². The predicted molar refractivity (Wildman–Crippen MR) is 132 cm³/mol. The Balaban J connectivity index is 1.42. The quantitative estimate of drug-likeness (QED) is 0.544. The Morgan fingerprint density at radius 2 is 1.82 bits per heavy atom. The zero-order valence-electron chi connectivity index (χ0n) is 22.4. The van der Waals surface area contributed by atoms with Crippen LogP contribution in [0.3, 0.4) is 0 Å². The van der Waals surface area contributed by atoms with Gasteiger partial charge in [-0.05, 0) is 79.6 Å². The molecule has 2 spiro atoms. The Bertz CT molecular complexity index is 934. The van der Waals surface area contributed by atoms with Gasteiger partial charge in [-0.2, -0.15) is 0 Å². The second-order valence-corrected chi connectivity index (χ2v) is 14.9. The maximum Gasteiger partial charge on any atom is 0.175 e. The maximum absolute atomic E-state index is 13.6. The molecule has 4 heteroatoms. The van der Waals surface area contributed by atoms with Crippen LogP contribution >= 0.6 is 0 Å². The van der Waals surface area contributed by atoms with Gasteiger partial charge in [-0.25, -0.2) is 0 Å². The lowest BCUT2D eigenvalue weighted by atomic mass is 9.36. The summed E-state index contributed by atoms with van der Waals surface area (Å²) in [5.74, 6) is 1.38. The van der Waals surface area contributed by atoms with Gasteiger partial charge < -0.3 is 14.6 Å². The molecule has 3 unspecified atom stereocenters. The molecule has 10 atom stereocenters. The van der Waals surface area contributed by atoms with Crippen LogP contribution in [0, 0.1) is 51.2 Å². The van der Waals surface area contributed by atoms with Crippen molar-refractivity contribution in [1.82, 2.24) is 0 Å². The van der Waals surface area contributed by atoms with Crippen LogP contribution in [-0.2, 0) is 14.3 Å². The first-order valence-electron chi connectivity index (χ1n) is 14.0. The molecule has 0 aromatic heterocycles. The van der Waals surface area contributed by atoms with Gasteiger partial charge in [0.05, 0.1) is 18.3 Å². The fourth-order valence-electron chi connectivity index (χ4n) is 11.2. The van der Waals surface area contributed by atoms with Gasteiger partial charge in [0.2, 0.25) is 0 Å². The number of allylic oxidation sites excluding steroid dienone is 2. The van der Waals surface area contributed by atoms with E-state index in [1.165, 1.54) is 0 Å². The van der Waals surface area contributed by atoms with Gasteiger partial charge in [-0.15, -0.1) is 0 Å². The van der Waals surface area contributed by atoms with Crippen molar-refractivity contribution in [3.8, 4) is 0 Å². The highest BCUT2D eigenvalue weighted by Gasteiger charge is 2.81. The summed E-state index contributed by atoms with van der Waals surface area (Å²) in [6.07, 6.45) is 11.0. The molecule has 2 heterocycles. The van der Waals surface area contributed by atoms with Gasteiger partial charge in [0.1, 0.15) is 0 Å². The molecule has 4 aliphatic carbocycles. The van der Waals surface area contributed by atoms with E-state index >= 15 is 0 Å². The van der Waals surface area contributed by atoms with Crippen molar-refractivity contribution in [2.24, 2.45) is 51.2 Å². The minimum Gasteiger partial charge on any atom is -0.390 e. The number of ether oxygens (including phenoxy) is 2. The van der Waals surface area contributed by atoms with Crippen LogP contribution in [0.15, 0.2) is 12.2 Å². The molecule has 3 saturated carbocycles. The Kier molecular flexibility index (Phi) is 4.72. The zero-order chi connectivity index (χ0) is 24.5. The Morgan fingerprint density at radius 3 is 2.53 bits per heavy atom. The molecule has 1 N–H and O–H groups in total. The predicted octanol–water partition coefficient (Wildman–Crippen LogP) is 5.92. The highest BCUT2D eigenvalue weighted by Crippen LogP contribution is 2.79. The first-order chi connectivity index (χ1) is 15.7. The smallest absolute Gasteiger partial charge is 0.175 e. The molecule has 2 aliphatic heterocycles. The molecule has 190 valence electrons. The summed E-state index contributed by atoms with van der Waals surface area (Å²) in [7, 11) is 0. The molecular formula is C30H46O4. The monoisotopic (exact) mass is 470 g/mol. The topological polar surface area (TPSA) is 55.8 Å². The minimum absolute atomic E-state index is 0.0170. The third-order valence-electron chi connectivity index (χ3n) is 12.3. The molecule has 0 radical (unpaired) electrons. The van der Waals surface area contributed by atoms with E-state index in [1.54, 1.807) is 0 Å². The van der Waals surface area contributed by atoms with Crippen molar-refractivity contribution < 1.29 is 19.4 Å². The van der Waals surface area contributed by atoms with E-state index in [-0.39, 0.29) is 33.7 Å². The number of hydrogen-bond donors (Lipinski definition) is 1. The molecule has 0 aromatic carbocycles. The summed E-state index contributed by atoms with van der Waals surface area (Å²) in [6, 6.07) is 0. The second kappa shape index (κ2) is 6.78. The number of carbonyl (C=O) groups excluding carboxylic acids is 1. The van der Waals surface area contributed by atoms with Crippen LogP contribution < -0.4 is 0 Å². The molecular weight excluding hydrogens is 424 g/mol.